The van der Waals surface area contributed by atoms with Crippen LogP contribution in [0, 0.1) is 0 Å². The molecule has 0 atom stereocenters. The molecule has 1 saturated carbocycles. The molecule has 1 aliphatic rings. The third-order valence-corrected chi connectivity index (χ3v) is 5.80. The van der Waals surface area contributed by atoms with Crippen LogP contribution in [0.4, 0.5) is 11.8 Å². The molecular formula is C22H24Cl2N6. The van der Waals surface area contributed by atoms with Gasteiger partial charge < -0.3 is 16.4 Å². The number of nitrogens with two attached hydrogens (primary N) is 1. The van der Waals surface area contributed by atoms with E-state index in [9.17, 15) is 0 Å². The molecule has 156 valence electrons. The van der Waals surface area contributed by atoms with E-state index in [0.29, 0.717) is 35.3 Å². The summed E-state index contributed by atoms with van der Waals surface area (Å²) in [6.45, 7) is 0.641. The Morgan fingerprint density at radius 3 is 2.53 bits per heavy atom. The van der Waals surface area contributed by atoms with Crippen molar-refractivity contribution in [1.29, 1.82) is 0 Å². The van der Waals surface area contributed by atoms with Crippen molar-refractivity contribution in [2.45, 2.75) is 44.3 Å². The normalized spacial score (nSPS) is 18.8. The Morgan fingerprint density at radius 2 is 1.77 bits per heavy atom. The number of benzene rings is 1. The van der Waals surface area contributed by atoms with Crippen LogP contribution < -0.4 is 16.4 Å². The van der Waals surface area contributed by atoms with Gasteiger partial charge in [0.2, 0.25) is 5.95 Å². The molecule has 0 saturated heterocycles. The van der Waals surface area contributed by atoms with E-state index in [0.717, 1.165) is 47.7 Å². The number of aromatic nitrogens is 3. The Bertz CT molecular complexity index is 987. The first-order valence-electron chi connectivity index (χ1n) is 10.1. The third kappa shape index (κ3) is 5.39. The lowest BCUT2D eigenvalue weighted by Crippen LogP contribution is -2.33. The van der Waals surface area contributed by atoms with E-state index in [1.807, 2.05) is 36.4 Å². The number of hydrogen-bond donors (Lipinski definition) is 3. The zero-order valence-electron chi connectivity index (χ0n) is 16.5. The van der Waals surface area contributed by atoms with Gasteiger partial charge >= 0.3 is 0 Å². The van der Waals surface area contributed by atoms with Crippen LogP contribution in [-0.4, -0.2) is 27.0 Å². The first-order valence-corrected chi connectivity index (χ1v) is 10.8. The van der Waals surface area contributed by atoms with Gasteiger partial charge in [0, 0.05) is 35.4 Å². The van der Waals surface area contributed by atoms with Crippen LogP contribution >= 0.6 is 23.2 Å². The largest absolute Gasteiger partial charge is 0.366 e. The van der Waals surface area contributed by atoms with Crippen LogP contribution in [0.2, 0.25) is 10.0 Å². The van der Waals surface area contributed by atoms with Crippen LogP contribution in [0.1, 0.15) is 31.2 Å². The molecule has 0 bridgehead atoms. The van der Waals surface area contributed by atoms with Gasteiger partial charge in [0.05, 0.1) is 16.9 Å². The van der Waals surface area contributed by atoms with Gasteiger partial charge in [0.15, 0.2) is 0 Å². The Kier molecular flexibility index (Phi) is 6.67. The maximum absolute atomic E-state index is 6.41. The van der Waals surface area contributed by atoms with Gasteiger partial charge in [-0.1, -0.05) is 35.3 Å². The molecule has 4 N–H and O–H groups in total. The molecule has 4 rings (SSSR count). The molecular weight excluding hydrogens is 419 g/mol. The summed E-state index contributed by atoms with van der Waals surface area (Å²) in [4.78, 5) is 13.4. The maximum atomic E-state index is 6.41. The molecule has 6 nitrogen and oxygen atoms in total. The molecule has 2 heterocycles. The van der Waals surface area contributed by atoms with E-state index in [1.165, 1.54) is 0 Å². The Labute approximate surface area is 186 Å². The van der Waals surface area contributed by atoms with Crippen molar-refractivity contribution in [2.75, 3.05) is 10.6 Å². The van der Waals surface area contributed by atoms with Crippen LogP contribution in [0.15, 0.2) is 48.8 Å². The summed E-state index contributed by atoms with van der Waals surface area (Å²) < 4.78 is 0. The highest BCUT2D eigenvalue weighted by atomic mass is 35.5. The summed E-state index contributed by atoms with van der Waals surface area (Å²) in [6.07, 6.45) is 7.47. The molecule has 0 spiro atoms. The fourth-order valence-corrected chi connectivity index (χ4v) is 3.88. The number of halogens is 2. The number of nitrogens with zero attached hydrogens (tertiary/aromatic N) is 3. The van der Waals surface area contributed by atoms with Gasteiger partial charge in [-0.2, -0.15) is 0 Å². The molecule has 30 heavy (non-hydrogen) atoms. The highest BCUT2D eigenvalue weighted by Gasteiger charge is 2.19. The lowest BCUT2D eigenvalue weighted by atomic mass is 9.92. The number of nitrogens with one attached hydrogen (secondary N) is 2. The summed E-state index contributed by atoms with van der Waals surface area (Å²) in [7, 11) is 0. The molecule has 1 aromatic carbocycles. The van der Waals surface area contributed by atoms with Crippen molar-refractivity contribution < 1.29 is 0 Å². The summed E-state index contributed by atoms with van der Waals surface area (Å²) in [5.41, 5.74) is 8.67. The second-order valence-corrected chi connectivity index (χ2v) is 8.40. The van der Waals surface area contributed by atoms with Crippen LogP contribution in [0.5, 0.6) is 0 Å². The Morgan fingerprint density at radius 1 is 1.00 bits per heavy atom. The van der Waals surface area contributed by atoms with Crippen LogP contribution in [0.25, 0.3) is 11.3 Å². The highest BCUT2D eigenvalue weighted by Crippen LogP contribution is 2.28. The van der Waals surface area contributed by atoms with Gasteiger partial charge in [0.25, 0.3) is 0 Å². The van der Waals surface area contributed by atoms with Crippen molar-refractivity contribution in [1.82, 2.24) is 15.0 Å². The van der Waals surface area contributed by atoms with Gasteiger partial charge in [-0.15, -0.1) is 0 Å². The van der Waals surface area contributed by atoms with Crippen LogP contribution in [0.3, 0.4) is 0 Å². The highest BCUT2D eigenvalue weighted by molar-refractivity contribution is 6.33. The molecule has 0 amide bonds. The smallest absolute Gasteiger partial charge is 0.223 e. The standard InChI is InChI=1S/C22H24Cl2N6/c23-16-3-1-14(2-4-16)12-27-20-11-15(9-10-26-20)21-19(24)13-28-22(30-21)29-18-7-5-17(25)6-8-18/h1-4,9-11,13,17-18H,5-8,12,25H2,(H,26,27)(H,28,29,30). The van der Waals surface area contributed by atoms with Gasteiger partial charge in [-0.25, -0.2) is 15.0 Å². The van der Waals surface area contributed by atoms with Gasteiger partial charge in [0.1, 0.15) is 5.82 Å². The molecule has 1 aliphatic carbocycles. The van der Waals surface area contributed by atoms with E-state index in [1.54, 1.807) is 12.4 Å². The Hall–Kier alpha value is -2.41. The predicted molar refractivity (Wildman–Crippen MR) is 123 cm³/mol. The van der Waals surface area contributed by atoms with Gasteiger partial charge in [-0.3, -0.25) is 0 Å². The van der Waals surface area contributed by atoms with Gasteiger partial charge in [-0.05, 0) is 55.5 Å². The topological polar surface area (TPSA) is 88.8 Å². The Balaban J connectivity index is 1.47. The first-order chi connectivity index (χ1) is 14.6. The molecule has 3 aromatic rings. The van der Waals surface area contributed by atoms with E-state index < -0.39 is 0 Å². The third-order valence-electron chi connectivity index (χ3n) is 5.27. The zero-order valence-corrected chi connectivity index (χ0v) is 18.0. The monoisotopic (exact) mass is 442 g/mol. The zero-order chi connectivity index (χ0) is 20.9. The predicted octanol–water partition coefficient (Wildman–Crippen LogP) is 5.14. The van der Waals surface area contributed by atoms with Crippen molar-refractivity contribution in [3.05, 3.63) is 64.4 Å². The minimum absolute atomic E-state index is 0.306. The van der Waals surface area contributed by atoms with Crippen molar-refractivity contribution in [3.63, 3.8) is 0 Å². The molecule has 2 aromatic heterocycles. The van der Waals surface area contributed by atoms with Crippen molar-refractivity contribution >= 4 is 35.0 Å². The molecule has 8 heteroatoms. The average Bonchev–Trinajstić information content (AvgIpc) is 2.76. The number of pyridine rings is 1. The minimum atomic E-state index is 0.306. The molecule has 0 unspecified atom stereocenters. The molecule has 0 radical (unpaired) electrons. The molecule has 0 aliphatic heterocycles. The molecule has 1 fully saturated rings. The SMILES string of the molecule is NC1CCC(Nc2ncc(Cl)c(-c3ccnc(NCc4ccc(Cl)cc4)c3)n2)CC1. The quantitative estimate of drug-likeness (QED) is 0.489. The number of rotatable bonds is 6. The maximum Gasteiger partial charge on any atom is 0.223 e. The van der Waals surface area contributed by atoms with Crippen molar-refractivity contribution in [2.24, 2.45) is 5.73 Å². The number of hydrogen-bond acceptors (Lipinski definition) is 6. The van der Waals surface area contributed by atoms with E-state index >= 15 is 0 Å². The lowest BCUT2D eigenvalue weighted by molar-refractivity contribution is 0.410. The second-order valence-electron chi connectivity index (χ2n) is 7.56. The van der Waals surface area contributed by atoms with Crippen LogP contribution in [-0.2, 0) is 6.54 Å². The minimum Gasteiger partial charge on any atom is -0.366 e. The summed E-state index contributed by atoms with van der Waals surface area (Å²) >= 11 is 12.4. The summed E-state index contributed by atoms with van der Waals surface area (Å²) in [6, 6.07) is 12.2. The fourth-order valence-electron chi connectivity index (χ4n) is 3.55. The van der Waals surface area contributed by atoms with E-state index in [4.69, 9.17) is 28.9 Å². The summed E-state index contributed by atoms with van der Waals surface area (Å²) in [5.74, 6) is 1.33. The fraction of sp³-hybridized carbons (Fsp3) is 0.318. The number of anilines is 2. The first kappa shape index (κ1) is 20.8. The van der Waals surface area contributed by atoms with E-state index in [2.05, 4.69) is 25.6 Å². The second kappa shape index (κ2) is 9.60. The summed E-state index contributed by atoms with van der Waals surface area (Å²) in [5, 5.41) is 7.97. The van der Waals surface area contributed by atoms with Crippen molar-refractivity contribution in [3.8, 4) is 11.3 Å². The average molecular weight is 443 g/mol. The van der Waals surface area contributed by atoms with E-state index in [-0.39, 0.29) is 0 Å². The lowest BCUT2D eigenvalue weighted by Gasteiger charge is -2.26.